The SMILES string of the molecule is COC(=O)N1CCC2(C1)CN(C(=O)Cc1ncc(SCC(=O)N3CCC3)s1)c1ccc(Cl)cc12. The number of anilines is 1. The van der Waals surface area contributed by atoms with E-state index in [0.717, 1.165) is 46.4 Å². The quantitative estimate of drug-likeness (QED) is 0.562. The van der Waals surface area contributed by atoms with Gasteiger partial charge in [-0.2, -0.15) is 0 Å². The van der Waals surface area contributed by atoms with Gasteiger partial charge in [-0.3, -0.25) is 9.59 Å². The molecule has 2 fully saturated rings. The van der Waals surface area contributed by atoms with Crippen LogP contribution in [0.2, 0.25) is 5.02 Å². The molecule has 0 radical (unpaired) electrons. The highest BCUT2D eigenvalue weighted by molar-refractivity contribution is 8.01. The summed E-state index contributed by atoms with van der Waals surface area (Å²) >= 11 is 9.24. The monoisotopic (exact) mass is 520 g/mol. The van der Waals surface area contributed by atoms with Crippen LogP contribution in [0.5, 0.6) is 0 Å². The van der Waals surface area contributed by atoms with Gasteiger partial charge in [-0.05, 0) is 36.6 Å². The Balaban J connectivity index is 1.28. The Morgan fingerprint density at radius 2 is 2.00 bits per heavy atom. The summed E-state index contributed by atoms with van der Waals surface area (Å²) < 4.78 is 5.85. The lowest BCUT2D eigenvalue weighted by Gasteiger charge is -2.30. The molecular formula is C23H25ClN4O4S2. The molecule has 34 heavy (non-hydrogen) atoms. The molecule has 180 valence electrons. The third-order valence-electron chi connectivity index (χ3n) is 6.75. The average molecular weight is 521 g/mol. The van der Waals surface area contributed by atoms with Crippen molar-refractivity contribution in [1.82, 2.24) is 14.8 Å². The molecule has 0 saturated carbocycles. The van der Waals surface area contributed by atoms with Crippen molar-refractivity contribution in [3.8, 4) is 0 Å². The number of benzene rings is 1. The third-order valence-corrected chi connectivity index (χ3v) is 9.16. The maximum Gasteiger partial charge on any atom is 0.409 e. The van der Waals surface area contributed by atoms with E-state index < -0.39 is 0 Å². The number of likely N-dealkylation sites (tertiary alicyclic amines) is 2. The van der Waals surface area contributed by atoms with Crippen LogP contribution < -0.4 is 4.90 Å². The van der Waals surface area contributed by atoms with Crippen LogP contribution in [0.25, 0.3) is 0 Å². The zero-order valence-corrected chi connectivity index (χ0v) is 21.2. The summed E-state index contributed by atoms with van der Waals surface area (Å²) in [4.78, 5) is 47.3. The normalized spacial score (nSPS) is 21.1. The van der Waals surface area contributed by atoms with Gasteiger partial charge in [0.1, 0.15) is 5.01 Å². The van der Waals surface area contributed by atoms with Crippen LogP contribution in [0.4, 0.5) is 10.5 Å². The largest absolute Gasteiger partial charge is 0.453 e. The van der Waals surface area contributed by atoms with E-state index in [1.807, 2.05) is 17.0 Å². The molecule has 2 aromatic rings. The highest BCUT2D eigenvalue weighted by Crippen LogP contribution is 2.47. The van der Waals surface area contributed by atoms with E-state index >= 15 is 0 Å². The number of thiazole rings is 1. The highest BCUT2D eigenvalue weighted by atomic mass is 35.5. The number of carbonyl (C=O) groups excluding carboxylic acids is 3. The number of hydrogen-bond acceptors (Lipinski definition) is 7. The molecule has 1 unspecified atom stereocenters. The van der Waals surface area contributed by atoms with E-state index in [9.17, 15) is 14.4 Å². The van der Waals surface area contributed by atoms with E-state index in [-0.39, 0.29) is 29.7 Å². The summed E-state index contributed by atoms with van der Waals surface area (Å²) in [5.74, 6) is 0.506. The van der Waals surface area contributed by atoms with Gasteiger partial charge in [-0.1, -0.05) is 11.6 Å². The summed E-state index contributed by atoms with van der Waals surface area (Å²) in [6, 6.07) is 5.59. The number of thioether (sulfide) groups is 1. The lowest BCUT2D eigenvalue weighted by molar-refractivity contribution is -0.131. The lowest BCUT2D eigenvalue weighted by atomic mass is 9.81. The maximum absolute atomic E-state index is 13.4. The fourth-order valence-electron chi connectivity index (χ4n) is 4.83. The van der Waals surface area contributed by atoms with E-state index in [2.05, 4.69) is 4.98 Å². The van der Waals surface area contributed by atoms with Crippen LogP contribution in [-0.4, -0.2) is 78.3 Å². The van der Waals surface area contributed by atoms with Gasteiger partial charge in [0.25, 0.3) is 0 Å². The molecule has 0 bridgehead atoms. The van der Waals surface area contributed by atoms with Crippen molar-refractivity contribution < 1.29 is 19.1 Å². The van der Waals surface area contributed by atoms with Crippen molar-refractivity contribution in [2.75, 3.05) is 50.5 Å². The van der Waals surface area contributed by atoms with Gasteiger partial charge in [-0.15, -0.1) is 23.1 Å². The second-order valence-corrected chi connectivity index (χ2v) is 11.7. The first-order valence-corrected chi connectivity index (χ1v) is 13.4. The number of halogens is 1. The van der Waals surface area contributed by atoms with E-state index in [4.69, 9.17) is 16.3 Å². The fraction of sp³-hybridized carbons (Fsp3) is 0.478. The highest BCUT2D eigenvalue weighted by Gasteiger charge is 2.50. The van der Waals surface area contributed by atoms with Crippen molar-refractivity contribution in [3.63, 3.8) is 0 Å². The van der Waals surface area contributed by atoms with Gasteiger partial charge in [0, 0.05) is 48.8 Å². The summed E-state index contributed by atoms with van der Waals surface area (Å²) in [7, 11) is 1.38. The molecule has 5 rings (SSSR count). The minimum Gasteiger partial charge on any atom is -0.453 e. The van der Waals surface area contributed by atoms with Crippen LogP contribution in [-0.2, 0) is 26.2 Å². The Bertz CT molecular complexity index is 1140. The second kappa shape index (κ2) is 9.39. The molecule has 0 N–H and O–H groups in total. The summed E-state index contributed by atoms with van der Waals surface area (Å²) in [6.07, 6.45) is 3.39. The molecule has 11 heteroatoms. The van der Waals surface area contributed by atoms with Crippen molar-refractivity contribution in [2.45, 2.75) is 28.9 Å². The van der Waals surface area contributed by atoms with E-state index in [1.54, 1.807) is 22.1 Å². The third kappa shape index (κ3) is 4.38. The van der Waals surface area contributed by atoms with Crippen molar-refractivity contribution in [1.29, 1.82) is 0 Å². The molecule has 3 aliphatic rings. The minimum atomic E-state index is -0.356. The molecular weight excluding hydrogens is 496 g/mol. The predicted octanol–water partition coefficient (Wildman–Crippen LogP) is 3.42. The first kappa shape index (κ1) is 23.4. The number of fused-ring (bicyclic) bond motifs is 2. The van der Waals surface area contributed by atoms with Gasteiger partial charge >= 0.3 is 6.09 Å². The Morgan fingerprint density at radius 1 is 1.18 bits per heavy atom. The first-order valence-electron chi connectivity index (χ1n) is 11.2. The Hall–Kier alpha value is -2.30. The number of amides is 3. The molecule has 3 aliphatic heterocycles. The second-order valence-electron chi connectivity index (χ2n) is 8.84. The zero-order valence-electron chi connectivity index (χ0n) is 18.8. The van der Waals surface area contributed by atoms with Crippen molar-refractivity contribution >= 4 is 58.3 Å². The lowest BCUT2D eigenvalue weighted by Crippen LogP contribution is -2.42. The Labute approximate surface area is 211 Å². The molecule has 1 aromatic heterocycles. The molecule has 1 atom stereocenters. The van der Waals surface area contributed by atoms with Crippen LogP contribution in [0.15, 0.2) is 28.6 Å². The molecule has 4 heterocycles. The molecule has 0 aliphatic carbocycles. The van der Waals surface area contributed by atoms with Crippen molar-refractivity contribution in [2.24, 2.45) is 0 Å². The van der Waals surface area contributed by atoms with Gasteiger partial charge in [0.15, 0.2) is 0 Å². The van der Waals surface area contributed by atoms with Crippen LogP contribution in [0, 0.1) is 0 Å². The molecule has 2 saturated heterocycles. The van der Waals surface area contributed by atoms with Crippen molar-refractivity contribution in [3.05, 3.63) is 40.0 Å². The molecule has 1 aromatic carbocycles. The topological polar surface area (TPSA) is 83.0 Å². The number of carbonyl (C=O) groups is 3. The summed E-state index contributed by atoms with van der Waals surface area (Å²) in [6.45, 7) is 3.25. The molecule has 8 nitrogen and oxygen atoms in total. The fourth-order valence-corrected chi connectivity index (χ4v) is 6.91. The van der Waals surface area contributed by atoms with E-state index in [1.165, 1.54) is 30.2 Å². The predicted molar refractivity (Wildman–Crippen MR) is 132 cm³/mol. The minimum absolute atomic E-state index is 0.0421. The average Bonchev–Trinajstić information content (AvgIpc) is 3.49. The zero-order chi connectivity index (χ0) is 23.9. The maximum atomic E-state index is 13.4. The van der Waals surface area contributed by atoms with Gasteiger partial charge in [-0.25, -0.2) is 9.78 Å². The smallest absolute Gasteiger partial charge is 0.409 e. The van der Waals surface area contributed by atoms with Gasteiger partial charge in [0.05, 0.1) is 29.7 Å². The van der Waals surface area contributed by atoms with Crippen LogP contribution >= 0.6 is 34.7 Å². The standard InChI is InChI=1S/C23H25ClN4O4S2/c1-32-22(31)27-8-5-23(13-27)14-28(17-4-3-15(24)9-16(17)23)19(29)10-18-25-11-21(34-18)33-12-20(30)26-6-2-7-26/h3-4,9,11H,2,5-8,10,12-14H2,1H3. The number of aromatic nitrogens is 1. The molecule has 3 amide bonds. The van der Waals surface area contributed by atoms with Gasteiger partial charge in [0.2, 0.25) is 11.8 Å². The summed E-state index contributed by atoms with van der Waals surface area (Å²) in [5.41, 5.74) is 1.48. The first-order chi connectivity index (χ1) is 16.4. The number of hydrogen-bond donors (Lipinski definition) is 0. The summed E-state index contributed by atoms with van der Waals surface area (Å²) in [5, 5.41) is 1.33. The number of ether oxygens (including phenoxy) is 1. The number of rotatable bonds is 5. The van der Waals surface area contributed by atoms with E-state index in [0.29, 0.717) is 30.4 Å². The Morgan fingerprint density at radius 3 is 2.74 bits per heavy atom. The number of methoxy groups -OCH3 is 1. The molecule has 1 spiro atoms. The Kier molecular flexibility index (Phi) is 6.47. The van der Waals surface area contributed by atoms with Gasteiger partial charge < -0.3 is 19.4 Å². The van der Waals surface area contributed by atoms with Crippen LogP contribution in [0.3, 0.4) is 0 Å². The van der Waals surface area contributed by atoms with Crippen LogP contribution in [0.1, 0.15) is 23.4 Å². The number of nitrogens with zero attached hydrogens (tertiary/aromatic N) is 4.